The number of methoxy groups -OCH3 is 1. The number of rotatable bonds is 7. The summed E-state index contributed by atoms with van der Waals surface area (Å²) in [5.74, 6) is 0.877. The normalized spacial score (nSPS) is 20.6. The second-order valence-corrected chi connectivity index (χ2v) is 5.32. The summed E-state index contributed by atoms with van der Waals surface area (Å²) in [6, 6.07) is 0. The van der Waals surface area contributed by atoms with E-state index < -0.39 is 0 Å². The minimum Gasteiger partial charge on any atom is -0.469 e. The average Bonchev–Trinajstić information content (AvgIpc) is 2.44. The van der Waals surface area contributed by atoms with Crippen LogP contribution in [0.5, 0.6) is 0 Å². The summed E-state index contributed by atoms with van der Waals surface area (Å²) in [4.78, 5) is 22.7. The summed E-state index contributed by atoms with van der Waals surface area (Å²) in [7, 11) is 1.38. The first kappa shape index (κ1) is 16.0. The molecular weight excluding hydrogens is 244 g/mol. The molecule has 2 unspecified atom stereocenters. The highest BCUT2D eigenvalue weighted by atomic mass is 16.5. The summed E-state index contributed by atoms with van der Waals surface area (Å²) in [6.45, 7) is 4.81. The van der Waals surface area contributed by atoms with Gasteiger partial charge in [0.05, 0.1) is 7.11 Å². The van der Waals surface area contributed by atoms with Gasteiger partial charge >= 0.3 is 5.97 Å². The first-order chi connectivity index (χ1) is 9.13. The lowest BCUT2D eigenvalue weighted by atomic mass is 9.85. The number of nitrogens with one attached hydrogen (secondary N) is 2. The molecule has 1 fully saturated rings. The SMILES string of the molecule is COC(=O)CCCNC(=O)CC(C)C1CCCNC1. The molecule has 0 aromatic carbocycles. The maximum Gasteiger partial charge on any atom is 0.305 e. The Morgan fingerprint density at radius 2 is 2.26 bits per heavy atom. The number of hydrogen-bond donors (Lipinski definition) is 2. The van der Waals surface area contributed by atoms with Gasteiger partial charge in [-0.05, 0) is 44.2 Å². The van der Waals surface area contributed by atoms with Gasteiger partial charge in [0.1, 0.15) is 0 Å². The van der Waals surface area contributed by atoms with E-state index in [1.807, 2.05) is 0 Å². The van der Waals surface area contributed by atoms with Gasteiger partial charge in [0.15, 0.2) is 0 Å². The standard InChI is InChI=1S/C14H26N2O3/c1-11(12-5-3-7-15-10-12)9-13(17)16-8-4-6-14(18)19-2/h11-12,15H,3-10H2,1-2H3,(H,16,17). The molecule has 1 heterocycles. The van der Waals surface area contributed by atoms with Crippen molar-refractivity contribution in [3.05, 3.63) is 0 Å². The van der Waals surface area contributed by atoms with E-state index in [4.69, 9.17) is 0 Å². The molecule has 5 nitrogen and oxygen atoms in total. The van der Waals surface area contributed by atoms with Crippen LogP contribution >= 0.6 is 0 Å². The highest BCUT2D eigenvalue weighted by Gasteiger charge is 2.21. The third kappa shape index (κ3) is 6.57. The Kier molecular flexibility index (Phi) is 7.48. The van der Waals surface area contributed by atoms with E-state index in [9.17, 15) is 9.59 Å². The van der Waals surface area contributed by atoms with Gasteiger partial charge in [-0.1, -0.05) is 6.92 Å². The van der Waals surface area contributed by atoms with E-state index in [-0.39, 0.29) is 11.9 Å². The quantitative estimate of drug-likeness (QED) is 0.536. The van der Waals surface area contributed by atoms with Crippen LogP contribution < -0.4 is 10.6 Å². The molecule has 2 N–H and O–H groups in total. The van der Waals surface area contributed by atoms with Gasteiger partial charge in [0.25, 0.3) is 0 Å². The van der Waals surface area contributed by atoms with Gasteiger partial charge in [-0.25, -0.2) is 0 Å². The zero-order valence-corrected chi connectivity index (χ0v) is 12.0. The van der Waals surface area contributed by atoms with Crippen LogP contribution in [0, 0.1) is 11.8 Å². The zero-order chi connectivity index (χ0) is 14.1. The van der Waals surface area contributed by atoms with Crippen LogP contribution in [-0.4, -0.2) is 38.6 Å². The number of esters is 1. The first-order valence-electron chi connectivity index (χ1n) is 7.17. The summed E-state index contributed by atoms with van der Waals surface area (Å²) in [6.07, 6.45) is 3.99. The molecule has 1 saturated heterocycles. The Morgan fingerprint density at radius 3 is 2.89 bits per heavy atom. The largest absolute Gasteiger partial charge is 0.469 e. The second kappa shape index (κ2) is 8.91. The third-order valence-electron chi connectivity index (χ3n) is 3.75. The molecule has 0 radical (unpaired) electrons. The van der Waals surface area contributed by atoms with E-state index in [0.29, 0.717) is 37.6 Å². The molecule has 1 rings (SSSR count). The number of hydrogen-bond acceptors (Lipinski definition) is 4. The van der Waals surface area contributed by atoms with Crippen molar-refractivity contribution in [3.8, 4) is 0 Å². The molecule has 5 heteroatoms. The van der Waals surface area contributed by atoms with Crippen LogP contribution in [0.1, 0.15) is 39.0 Å². The van der Waals surface area contributed by atoms with Crippen molar-refractivity contribution in [2.45, 2.75) is 39.0 Å². The van der Waals surface area contributed by atoms with Crippen LogP contribution in [0.25, 0.3) is 0 Å². The van der Waals surface area contributed by atoms with Crippen molar-refractivity contribution in [1.82, 2.24) is 10.6 Å². The maximum atomic E-state index is 11.8. The van der Waals surface area contributed by atoms with Crippen molar-refractivity contribution in [1.29, 1.82) is 0 Å². The molecule has 0 saturated carbocycles. The Morgan fingerprint density at radius 1 is 1.47 bits per heavy atom. The van der Waals surface area contributed by atoms with E-state index >= 15 is 0 Å². The lowest BCUT2D eigenvalue weighted by Gasteiger charge is -2.28. The van der Waals surface area contributed by atoms with Crippen LogP contribution in [0.15, 0.2) is 0 Å². The third-order valence-corrected chi connectivity index (χ3v) is 3.75. The highest BCUT2D eigenvalue weighted by molar-refractivity contribution is 5.76. The smallest absolute Gasteiger partial charge is 0.305 e. The van der Waals surface area contributed by atoms with Crippen LogP contribution in [0.4, 0.5) is 0 Å². The van der Waals surface area contributed by atoms with Gasteiger partial charge in [-0.3, -0.25) is 9.59 Å². The topological polar surface area (TPSA) is 67.4 Å². The summed E-state index contributed by atoms with van der Waals surface area (Å²) in [5, 5.41) is 6.24. The predicted octanol–water partition coefficient (Wildman–Crippen LogP) is 1.08. The fourth-order valence-electron chi connectivity index (χ4n) is 2.46. The van der Waals surface area contributed by atoms with Crippen LogP contribution in [0.2, 0.25) is 0 Å². The van der Waals surface area contributed by atoms with Crippen LogP contribution in [-0.2, 0) is 14.3 Å². The predicted molar refractivity (Wildman–Crippen MR) is 73.6 cm³/mol. The number of piperidine rings is 1. The lowest BCUT2D eigenvalue weighted by molar-refractivity contribution is -0.140. The maximum absolute atomic E-state index is 11.8. The number of amides is 1. The number of ether oxygens (including phenoxy) is 1. The highest BCUT2D eigenvalue weighted by Crippen LogP contribution is 2.22. The molecule has 1 aliphatic heterocycles. The van der Waals surface area contributed by atoms with Crippen LogP contribution in [0.3, 0.4) is 0 Å². The van der Waals surface area contributed by atoms with E-state index in [1.54, 1.807) is 0 Å². The Hall–Kier alpha value is -1.10. The van der Waals surface area contributed by atoms with Crippen molar-refractivity contribution in [2.24, 2.45) is 11.8 Å². The van der Waals surface area contributed by atoms with Gasteiger partial charge in [0, 0.05) is 19.4 Å². The zero-order valence-electron chi connectivity index (χ0n) is 12.0. The molecule has 0 aliphatic carbocycles. The minimum absolute atomic E-state index is 0.0861. The molecule has 1 amide bonds. The second-order valence-electron chi connectivity index (χ2n) is 5.32. The fourth-order valence-corrected chi connectivity index (χ4v) is 2.46. The average molecular weight is 270 g/mol. The van der Waals surface area contributed by atoms with E-state index in [1.165, 1.54) is 20.0 Å². The number of carbonyl (C=O) groups excluding carboxylic acids is 2. The Labute approximate surface area is 115 Å². The van der Waals surface area contributed by atoms with Gasteiger partial charge < -0.3 is 15.4 Å². The van der Waals surface area contributed by atoms with Crippen molar-refractivity contribution >= 4 is 11.9 Å². The minimum atomic E-state index is -0.226. The molecular formula is C14H26N2O3. The molecule has 0 aromatic rings. The van der Waals surface area contributed by atoms with Crippen molar-refractivity contribution in [2.75, 3.05) is 26.7 Å². The molecule has 2 atom stereocenters. The summed E-state index contributed by atoms with van der Waals surface area (Å²) < 4.78 is 4.54. The van der Waals surface area contributed by atoms with Crippen molar-refractivity contribution < 1.29 is 14.3 Å². The Balaban J connectivity index is 2.10. The fraction of sp³-hybridized carbons (Fsp3) is 0.857. The van der Waals surface area contributed by atoms with E-state index in [0.717, 1.165) is 13.1 Å². The monoisotopic (exact) mass is 270 g/mol. The van der Waals surface area contributed by atoms with E-state index in [2.05, 4.69) is 22.3 Å². The van der Waals surface area contributed by atoms with Gasteiger partial charge in [-0.15, -0.1) is 0 Å². The molecule has 0 bridgehead atoms. The van der Waals surface area contributed by atoms with Gasteiger partial charge in [0.2, 0.25) is 5.91 Å². The lowest BCUT2D eigenvalue weighted by Crippen LogP contribution is -2.35. The van der Waals surface area contributed by atoms with Gasteiger partial charge in [-0.2, -0.15) is 0 Å². The Bertz CT molecular complexity index is 288. The molecule has 0 spiro atoms. The summed E-state index contributed by atoms with van der Waals surface area (Å²) >= 11 is 0. The molecule has 110 valence electrons. The van der Waals surface area contributed by atoms with Crippen molar-refractivity contribution in [3.63, 3.8) is 0 Å². The first-order valence-corrected chi connectivity index (χ1v) is 7.17. The molecule has 0 aromatic heterocycles. The molecule has 1 aliphatic rings. The summed E-state index contributed by atoms with van der Waals surface area (Å²) in [5.41, 5.74) is 0. The molecule has 19 heavy (non-hydrogen) atoms. The number of carbonyl (C=O) groups is 2.